The fourth-order valence-electron chi connectivity index (χ4n) is 2.06. The van der Waals surface area contributed by atoms with E-state index in [4.69, 9.17) is 0 Å². The summed E-state index contributed by atoms with van der Waals surface area (Å²) in [5.74, 6) is -2.77. The van der Waals surface area contributed by atoms with Crippen LogP contribution in [0.4, 0.5) is 8.78 Å². The van der Waals surface area contributed by atoms with Crippen LogP contribution in [0.1, 0.15) is 51.0 Å². The third kappa shape index (κ3) is 6.67. The predicted octanol–water partition coefficient (Wildman–Crippen LogP) is 4.73. The molecule has 19 heavy (non-hydrogen) atoms. The van der Waals surface area contributed by atoms with Gasteiger partial charge < -0.3 is 5.32 Å². The fraction of sp³-hybridized carbons (Fsp3) is 0.625. The smallest absolute Gasteiger partial charge is 0.285 e. The molecule has 1 nitrogen and oxygen atoms in total. The van der Waals surface area contributed by atoms with E-state index in [0.717, 1.165) is 12.8 Å². The van der Waals surface area contributed by atoms with Crippen molar-refractivity contribution in [3.05, 3.63) is 35.9 Å². The van der Waals surface area contributed by atoms with E-state index in [2.05, 4.69) is 12.2 Å². The summed E-state index contributed by atoms with van der Waals surface area (Å²) in [4.78, 5) is 0. The zero-order chi connectivity index (χ0) is 14.0. The monoisotopic (exact) mass is 269 g/mol. The van der Waals surface area contributed by atoms with Crippen molar-refractivity contribution in [2.45, 2.75) is 51.4 Å². The van der Waals surface area contributed by atoms with Crippen LogP contribution in [0.3, 0.4) is 0 Å². The van der Waals surface area contributed by atoms with E-state index in [-0.39, 0.29) is 12.1 Å². The molecule has 0 fully saturated rings. The Kier molecular flexibility index (Phi) is 7.65. The van der Waals surface area contributed by atoms with Crippen molar-refractivity contribution in [2.75, 3.05) is 13.1 Å². The summed E-state index contributed by atoms with van der Waals surface area (Å²) in [6.07, 6.45) is 7.10. The van der Waals surface area contributed by atoms with Gasteiger partial charge in [0.25, 0.3) is 5.92 Å². The molecule has 0 bridgehead atoms. The van der Waals surface area contributed by atoms with Crippen molar-refractivity contribution in [3.8, 4) is 0 Å². The van der Waals surface area contributed by atoms with Gasteiger partial charge >= 0.3 is 0 Å². The molecule has 0 radical (unpaired) electrons. The Labute approximate surface area is 115 Å². The number of rotatable bonds is 10. The van der Waals surface area contributed by atoms with E-state index >= 15 is 0 Å². The van der Waals surface area contributed by atoms with Crippen molar-refractivity contribution in [1.29, 1.82) is 0 Å². The van der Waals surface area contributed by atoms with Gasteiger partial charge in [-0.3, -0.25) is 0 Å². The first kappa shape index (κ1) is 16.1. The molecule has 0 unspecified atom stereocenters. The molecule has 0 aliphatic heterocycles. The van der Waals surface area contributed by atoms with Gasteiger partial charge in [0.1, 0.15) is 0 Å². The van der Waals surface area contributed by atoms with E-state index in [0.29, 0.717) is 6.54 Å². The number of alkyl halides is 2. The Balaban J connectivity index is 2.12. The summed E-state index contributed by atoms with van der Waals surface area (Å²) in [6.45, 7) is 2.59. The fourth-order valence-corrected chi connectivity index (χ4v) is 2.06. The van der Waals surface area contributed by atoms with Crippen LogP contribution in [0.15, 0.2) is 30.3 Å². The topological polar surface area (TPSA) is 12.0 Å². The highest BCUT2D eigenvalue weighted by molar-refractivity contribution is 5.20. The van der Waals surface area contributed by atoms with Crippen molar-refractivity contribution in [3.63, 3.8) is 0 Å². The number of halogens is 2. The maximum atomic E-state index is 13.8. The highest BCUT2D eigenvalue weighted by Gasteiger charge is 2.30. The lowest BCUT2D eigenvalue weighted by atomic mass is 10.1. The molecule has 0 amide bonds. The van der Waals surface area contributed by atoms with Gasteiger partial charge in [0.05, 0.1) is 6.54 Å². The summed E-state index contributed by atoms with van der Waals surface area (Å²) in [5.41, 5.74) is 0.0884. The van der Waals surface area contributed by atoms with E-state index in [1.807, 2.05) is 0 Å². The molecule has 3 heteroatoms. The number of benzene rings is 1. The predicted molar refractivity (Wildman–Crippen MR) is 76.6 cm³/mol. The average Bonchev–Trinajstić information content (AvgIpc) is 2.43. The first-order valence-electron chi connectivity index (χ1n) is 7.31. The summed E-state index contributed by atoms with van der Waals surface area (Å²) in [5, 5.41) is 2.87. The molecule has 0 heterocycles. The number of unbranched alkanes of at least 4 members (excludes halogenated alkanes) is 5. The summed E-state index contributed by atoms with van der Waals surface area (Å²) in [7, 11) is 0. The SMILES string of the molecule is CCCCCCCCNCC(F)(F)c1ccccc1. The number of nitrogens with one attached hydrogen (secondary N) is 1. The Bertz CT molecular complexity index is 325. The quantitative estimate of drug-likeness (QED) is 0.606. The molecular formula is C16H25F2N. The Morgan fingerprint density at radius 3 is 2.26 bits per heavy atom. The first-order valence-corrected chi connectivity index (χ1v) is 7.31. The summed E-state index contributed by atoms with van der Waals surface area (Å²) >= 11 is 0. The van der Waals surface area contributed by atoms with Gasteiger partial charge in [0, 0.05) is 5.56 Å². The van der Waals surface area contributed by atoms with Gasteiger partial charge in [-0.15, -0.1) is 0 Å². The minimum Gasteiger partial charge on any atom is -0.311 e. The van der Waals surface area contributed by atoms with Gasteiger partial charge in [-0.25, -0.2) is 0 Å². The molecule has 1 aromatic carbocycles. The molecule has 1 aromatic rings. The van der Waals surface area contributed by atoms with Crippen molar-refractivity contribution in [1.82, 2.24) is 5.32 Å². The molecule has 0 spiro atoms. The van der Waals surface area contributed by atoms with Gasteiger partial charge in [-0.1, -0.05) is 69.4 Å². The van der Waals surface area contributed by atoms with Crippen LogP contribution in [0, 0.1) is 0 Å². The van der Waals surface area contributed by atoms with Crippen LogP contribution >= 0.6 is 0 Å². The van der Waals surface area contributed by atoms with Crippen molar-refractivity contribution < 1.29 is 8.78 Å². The van der Waals surface area contributed by atoms with E-state index in [1.54, 1.807) is 18.2 Å². The minimum absolute atomic E-state index is 0.0884. The molecule has 0 saturated heterocycles. The molecule has 0 aliphatic rings. The molecule has 0 atom stereocenters. The van der Waals surface area contributed by atoms with Gasteiger partial charge in [0.2, 0.25) is 0 Å². The first-order chi connectivity index (χ1) is 9.17. The number of hydrogen-bond acceptors (Lipinski definition) is 1. The second kappa shape index (κ2) is 9.03. The zero-order valence-corrected chi connectivity index (χ0v) is 11.8. The van der Waals surface area contributed by atoms with Crippen LogP contribution in [0.5, 0.6) is 0 Å². The molecule has 1 rings (SSSR count). The zero-order valence-electron chi connectivity index (χ0n) is 11.8. The standard InChI is InChI=1S/C16H25F2N/c1-2-3-4-5-6-10-13-19-14-16(17,18)15-11-8-7-9-12-15/h7-9,11-12,19H,2-6,10,13-14H2,1H3. The third-order valence-electron chi connectivity index (χ3n) is 3.25. The molecule has 0 aromatic heterocycles. The van der Waals surface area contributed by atoms with E-state index < -0.39 is 5.92 Å². The van der Waals surface area contributed by atoms with Crippen LogP contribution < -0.4 is 5.32 Å². The van der Waals surface area contributed by atoms with Crippen LogP contribution in [0.2, 0.25) is 0 Å². The van der Waals surface area contributed by atoms with Crippen LogP contribution in [-0.2, 0) is 5.92 Å². The van der Waals surface area contributed by atoms with E-state index in [9.17, 15) is 8.78 Å². The largest absolute Gasteiger partial charge is 0.311 e. The highest BCUT2D eigenvalue weighted by Crippen LogP contribution is 2.26. The summed E-state index contributed by atoms with van der Waals surface area (Å²) < 4.78 is 27.5. The Hall–Kier alpha value is -0.960. The second-order valence-electron chi connectivity index (χ2n) is 5.02. The van der Waals surface area contributed by atoms with E-state index in [1.165, 1.54) is 37.8 Å². The highest BCUT2D eigenvalue weighted by atomic mass is 19.3. The Morgan fingerprint density at radius 1 is 0.947 bits per heavy atom. The maximum absolute atomic E-state index is 13.8. The lowest BCUT2D eigenvalue weighted by molar-refractivity contribution is -0.00301. The Morgan fingerprint density at radius 2 is 1.58 bits per heavy atom. The third-order valence-corrected chi connectivity index (χ3v) is 3.25. The van der Waals surface area contributed by atoms with Crippen LogP contribution in [-0.4, -0.2) is 13.1 Å². The normalized spacial score (nSPS) is 11.7. The molecule has 0 aliphatic carbocycles. The lowest BCUT2D eigenvalue weighted by Gasteiger charge is -2.17. The minimum atomic E-state index is -2.77. The number of hydrogen-bond donors (Lipinski definition) is 1. The molecule has 0 saturated carbocycles. The van der Waals surface area contributed by atoms with Gasteiger partial charge in [-0.2, -0.15) is 8.78 Å². The van der Waals surface area contributed by atoms with Crippen molar-refractivity contribution in [2.24, 2.45) is 0 Å². The molecular weight excluding hydrogens is 244 g/mol. The van der Waals surface area contributed by atoms with Gasteiger partial charge in [0.15, 0.2) is 0 Å². The van der Waals surface area contributed by atoms with Crippen molar-refractivity contribution >= 4 is 0 Å². The molecule has 1 N–H and O–H groups in total. The second-order valence-corrected chi connectivity index (χ2v) is 5.02. The van der Waals surface area contributed by atoms with Crippen LogP contribution in [0.25, 0.3) is 0 Å². The maximum Gasteiger partial charge on any atom is 0.285 e. The lowest BCUT2D eigenvalue weighted by Crippen LogP contribution is -2.31. The molecule has 108 valence electrons. The summed E-state index contributed by atoms with van der Waals surface area (Å²) in [6, 6.07) is 8.01. The van der Waals surface area contributed by atoms with Gasteiger partial charge in [-0.05, 0) is 13.0 Å². The average molecular weight is 269 g/mol.